The minimum atomic E-state index is -1.05. The number of carbonyl (C=O) groups is 2. The average molecular weight is 378 g/mol. The van der Waals surface area contributed by atoms with E-state index in [0.717, 1.165) is 12.1 Å². The van der Waals surface area contributed by atoms with Crippen molar-refractivity contribution in [2.45, 2.75) is 20.0 Å². The molecular formula is C18H16ClNO6. The number of rotatable bonds is 7. The van der Waals surface area contributed by atoms with E-state index in [-0.39, 0.29) is 22.1 Å². The number of ketones is 1. The predicted molar refractivity (Wildman–Crippen MR) is 94.9 cm³/mol. The van der Waals surface area contributed by atoms with Crippen molar-refractivity contribution in [1.82, 2.24) is 0 Å². The number of halogens is 1. The van der Waals surface area contributed by atoms with Crippen LogP contribution >= 0.6 is 11.6 Å². The minimum absolute atomic E-state index is 0.0522. The highest BCUT2D eigenvalue weighted by Crippen LogP contribution is 2.24. The summed E-state index contributed by atoms with van der Waals surface area (Å²) in [5, 5.41) is 10.6. The van der Waals surface area contributed by atoms with Crippen molar-refractivity contribution in [2.75, 3.05) is 6.61 Å². The number of Topliss-reactive ketones (excluding diaryl/α,β-unsaturated/α-hetero) is 1. The van der Waals surface area contributed by atoms with E-state index < -0.39 is 17.0 Å². The van der Waals surface area contributed by atoms with Crippen molar-refractivity contribution in [3.8, 4) is 5.75 Å². The molecule has 0 aliphatic carbocycles. The van der Waals surface area contributed by atoms with Crippen LogP contribution < -0.4 is 4.74 Å². The van der Waals surface area contributed by atoms with Gasteiger partial charge in [-0.05, 0) is 44.2 Å². The van der Waals surface area contributed by atoms with E-state index in [1.807, 2.05) is 6.92 Å². The summed E-state index contributed by atoms with van der Waals surface area (Å²) in [6, 6.07) is 9.85. The molecule has 0 radical (unpaired) electrons. The van der Waals surface area contributed by atoms with Crippen LogP contribution in [0.25, 0.3) is 0 Å². The lowest BCUT2D eigenvalue weighted by molar-refractivity contribution is -0.384. The second-order valence-electron chi connectivity index (χ2n) is 5.29. The molecule has 136 valence electrons. The molecule has 0 saturated heterocycles. The summed E-state index contributed by atoms with van der Waals surface area (Å²) in [5.74, 6) is -0.595. The Morgan fingerprint density at radius 2 is 1.85 bits per heavy atom. The van der Waals surface area contributed by atoms with E-state index in [2.05, 4.69) is 0 Å². The molecule has 0 heterocycles. The van der Waals surface area contributed by atoms with Gasteiger partial charge in [-0.2, -0.15) is 0 Å². The summed E-state index contributed by atoms with van der Waals surface area (Å²) in [4.78, 5) is 34.6. The van der Waals surface area contributed by atoms with Gasteiger partial charge >= 0.3 is 5.97 Å². The van der Waals surface area contributed by atoms with Gasteiger partial charge in [0.25, 0.3) is 5.69 Å². The molecule has 0 aliphatic rings. The second kappa shape index (κ2) is 8.44. The maximum absolute atomic E-state index is 12.4. The molecular weight excluding hydrogens is 362 g/mol. The van der Waals surface area contributed by atoms with Crippen molar-refractivity contribution < 1.29 is 24.0 Å². The lowest BCUT2D eigenvalue weighted by Gasteiger charge is -2.13. The van der Waals surface area contributed by atoms with Crippen molar-refractivity contribution in [3.63, 3.8) is 0 Å². The number of hydrogen-bond donors (Lipinski definition) is 0. The minimum Gasteiger partial charge on any atom is -0.494 e. The monoisotopic (exact) mass is 377 g/mol. The topological polar surface area (TPSA) is 95.7 Å². The smallest absolute Gasteiger partial charge is 0.340 e. The Morgan fingerprint density at radius 1 is 1.19 bits per heavy atom. The van der Waals surface area contributed by atoms with Crippen LogP contribution in [0.3, 0.4) is 0 Å². The first-order valence-corrected chi connectivity index (χ1v) is 8.13. The van der Waals surface area contributed by atoms with Gasteiger partial charge in [0.1, 0.15) is 5.75 Å². The van der Waals surface area contributed by atoms with Crippen LogP contribution in [0.1, 0.15) is 34.6 Å². The van der Waals surface area contributed by atoms with Gasteiger partial charge in [0.2, 0.25) is 5.78 Å². The second-order valence-corrected chi connectivity index (χ2v) is 5.70. The van der Waals surface area contributed by atoms with Crippen LogP contribution in [0, 0.1) is 10.1 Å². The van der Waals surface area contributed by atoms with E-state index in [0.29, 0.717) is 17.9 Å². The Morgan fingerprint density at radius 3 is 2.38 bits per heavy atom. The molecule has 0 spiro atoms. The van der Waals surface area contributed by atoms with Gasteiger partial charge in [0.05, 0.1) is 22.1 Å². The Labute approximate surface area is 154 Å². The highest BCUT2D eigenvalue weighted by Gasteiger charge is 2.23. The zero-order chi connectivity index (χ0) is 19.3. The molecule has 2 aromatic rings. The van der Waals surface area contributed by atoms with Crippen LogP contribution in [0.5, 0.6) is 5.75 Å². The third-order valence-electron chi connectivity index (χ3n) is 3.49. The summed E-state index contributed by atoms with van der Waals surface area (Å²) in [6.07, 6.45) is -1.05. The van der Waals surface area contributed by atoms with Gasteiger partial charge < -0.3 is 9.47 Å². The lowest BCUT2D eigenvalue weighted by Crippen LogP contribution is -2.24. The van der Waals surface area contributed by atoms with Gasteiger partial charge in [-0.25, -0.2) is 4.79 Å². The largest absolute Gasteiger partial charge is 0.494 e. The van der Waals surface area contributed by atoms with Crippen molar-refractivity contribution in [3.05, 3.63) is 68.7 Å². The molecule has 2 aromatic carbocycles. The molecule has 7 nitrogen and oxygen atoms in total. The van der Waals surface area contributed by atoms with Crippen LogP contribution in [0.2, 0.25) is 5.02 Å². The van der Waals surface area contributed by atoms with Crippen LogP contribution in [-0.4, -0.2) is 29.4 Å². The molecule has 0 aliphatic heterocycles. The third-order valence-corrected chi connectivity index (χ3v) is 3.80. The lowest BCUT2D eigenvalue weighted by atomic mass is 10.1. The first-order valence-electron chi connectivity index (χ1n) is 7.75. The number of non-ortho nitro benzene ring substituents is 1. The maximum Gasteiger partial charge on any atom is 0.340 e. The highest BCUT2D eigenvalue weighted by atomic mass is 35.5. The van der Waals surface area contributed by atoms with Gasteiger partial charge in [-0.15, -0.1) is 0 Å². The van der Waals surface area contributed by atoms with Crippen LogP contribution in [0.15, 0.2) is 42.5 Å². The number of hydrogen-bond acceptors (Lipinski definition) is 6. The van der Waals surface area contributed by atoms with E-state index in [9.17, 15) is 19.7 Å². The molecule has 8 heteroatoms. The summed E-state index contributed by atoms with van der Waals surface area (Å²) in [5.41, 5.74) is 0.0669. The highest BCUT2D eigenvalue weighted by molar-refractivity contribution is 6.33. The average Bonchev–Trinajstić information content (AvgIpc) is 2.61. The van der Waals surface area contributed by atoms with Crippen molar-refractivity contribution >= 4 is 29.0 Å². The standard InChI is InChI=1S/C18H16ClNO6/c1-3-25-14-7-4-12(5-8-14)17(21)11(2)26-18(22)15-9-6-13(20(23)24)10-16(15)19/h4-11H,3H2,1-2H3/t11-/m0/s1. The van der Waals surface area contributed by atoms with Crippen molar-refractivity contribution in [2.24, 2.45) is 0 Å². The Kier molecular flexibility index (Phi) is 6.30. The normalized spacial score (nSPS) is 11.5. The molecule has 0 N–H and O–H groups in total. The van der Waals surface area contributed by atoms with E-state index in [1.54, 1.807) is 24.3 Å². The molecule has 0 bridgehead atoms. The number of nitro groups is 1. The van der Waals surface area contributed by atoms with Crippen LogP contribution in [-0.2, 0) is 4.74 Å². The number of nitro benzene ring substituents is 1. The third kappa shape index (κ3) is 4.58. The quantitative estimate of drug-likeness (QED) is 0.312. The Balaban J connectivity index is 2.08. The van der Waals surface area contributed by atoms with E-state index >= 15 is 0 Å². The molecule has 0 unspecified atom stereocenters. The van der Waals surface area contributed by atoms with Crippen molar-refractivity contribution in [1.29, 1.82) is 0 Å². The fraction of sp³-hybridized carbons (Fsp3) is 0.222. The number of benzene rings is 2. The summed E-state index contributed by atoms with van der Waals surface area (Å²) in [7, 11) is 0. The zero-order valence-corrected chi connectivity index (χ0v) is 14.9. The summed E-state index contributed by atoms with van der Waals surface area (Å²) < 4.78 is 10.4. The summed E-state index contributed by atoms with van der Waals surface area (Å²) in [6.45, 7) is 3.80. The zero-order valence-electron chi connectivity index (χ0n) is 14.1. The van der Waals surface area contributed by atoms with Crippen LogP contribution in [0.4, 0.5) is 5.69 Å². The van der Waals surface area contributed by atoms with Gasteiger partial charge in [-0.1, -0.05) is 11.6 Å². The molecule has 0 fully saturated rings. The number of ether oxygens (including phenoxy) is 2. The number of carbonyl (C=O) groups excluding carboxylic acids is 2. The van der Waals surface area contributed by atoms with Gasteiger partial charge in [-0.3, -0.25) is 14.9 Å². The van der Waals surface area contributed by atoms with E-state index in [4.69, 9.17) is 21.1 Å². The Bertz CT molecular complexity index is 834. The Hall–Kier alpha value is -2.93. The molecule has 0 saturated carbocycles. The van der Waals surface area contributed by atoms with Gasteiger partial charge in [0, 0.05) is 17.7 Å². The van der Waals surface area contributed by atoms with E-state index in [1.165, 1.54) is 13.0 Å². The number of esters is 1. The SMILES string of the molecule is CCOc1ccc(C(=O)[C@H](C)OC(=O)c2ccc([N+](=O)[O-])cc2Cl)cc1. The molecule has 2 rings (SSSR count). The first-order chi connectivity index (χ1) is 12.3. The summed E-state index contributed by atoms with van der Waals surface area (Å²) >= 11 is 5.89. The molecule has 0 amide bonds. The number of nitrogens with zero attached hydrogens (tertiary/aromatic N) is 1. The van der Waals surface area contributed by atoms with Gasteiger partial charge in [0.15, 0.2) is 6.10 Å². The molecule has 0 aromatic heterocycles. The maximum atomic E-state index is 12.4. The molecule has 1 atom stereocenters. The predicted octanol–water partition coefficient (Wildman–Crippen LogP) is 4.08. The fourth-order valence-corrected chi connectivity index (χ4v) is 2.43. The molecule has 26 heavy (non-hydrogen) atoms. The fourth-order valence-electron chi connectivity index (χ4n) is 2.18. The first kappa shape index (κ1) is 19.4.